The highest BCUT2D eigenvalue weighted by Gasteiger charge is 2.21. The number of rotatable bonds is 9. The first-order valence-corrected chi connectivity index (χ1v) is 7.69. The van der Waals surface area contributed by atoms with Gasteiger partial charge in [-0.1, -0.05) is 29.8 Å². The molecule has 20 heavy (non-hydrogen) atoms. The molecule has 0 spiro atoms. The van der Waals surface area contributed by atoms with E-state index < -0.39 is 0 Å². The molecule has 1 aromatic rings. The fourth-order valence-electron chi connectivity index (χ4n) is 2.41. The molecule has 2 rings (SSSR count). The Hall–Kier alpha value is -0.900. The molecule has 1 fully saturated rings. The van der Waals surface area contributed by atoms with Crippen molar-refractivity contribution < 1.29 is 4.74 Å². The summed E-state index contributed by atoms with van der Waals surface area (Å²) in [7, 11) is 4.20. The summed E-state index contributed by atoms with van der Waals surface area (Å²) in [5.74, 6) is 0.859. The Bertz CT molecular complexity index is 404. The van der Waals surface area contributed by atoms with Crippen LogP contribution in [0.2, 0.25) is 0 Å². The predicted octanol–water partition coefficient (Wildman–Crippen LogP) is 2.61. The van der Waals surface area contributed by atoms with Gasteiger partial charge in [-0.25, -0.2) is 0 Å². The average molecular weight is 276 g/mol. The maximum absolute atomic E-state index is 5.71. The van der Waals surface area contributed by atoms with Gasteiger partial charge in [-0.2, -0.15) is 0 Å². The van der Waals surface area contributed by atoms with Gasteiger partial charge in [0.15, 0.2) is 0 Å². The molecule has 1 atom stereocenters. The molecule has 1 unspecified atom stereocenters. The van der Waals surface area contributed by atoms with E-state index in [1.165, 1.54) is 24.0 Å². The van der Waals surface area contributed by atoms with Gasteiger partial charge in [0.1, 0.15) is 0 Å². The number of ether oxygens (including phenoxy) is 1. The van der Waals surface area contributed by atoms with Crippen LogP contribution in [0.4, 0.5) is 0 Å². The third kappa shape index (κ3) is 5.23. The van der Waals surface area contributed by atoms with Crippen molar-refractivity contribution in [2.45, 2.75) is 25.8 Å². The molecule has 3 heteroatoms. The van der Waals surface area contributed by atoms with Crippen LogP contribution in [-0.2, 0) is 4.74 Å². The summed E-state index contributed by atoms with van der Waals surface area (Å²) < 4.78 is 5.71. The van der Waals surface area contributed by atoms with E-state index in [1.807, 2.05) is 7.05 Å². The number of aryl methyl sites for hydroxylation is 1. The average Bonchev–Trinajstić information content (AvgIpc) is 3.25. The first-order valence-electron chi connectivity index (χ1n) is 7.69. The van der Waals surface area contributed by atoms with E-state index in [0.717, 1.165) is 32.2 Å². The van der Waals surface area contributed by atoms with E-state index >= 15 is 0 Å². The van der Waals surface area contributed by atoms with Crippen LogP contribution in [0.1, 0.15) is 30.0 Å². The van der Waals surface area contributed by atoms with Gasteiger partial charge in [0.05, 0.1) is 6.61 Å². The molecule has 0 bridgehead atoms. The van der Waals surface area contributed by atoms with Crippen molar-refractivity contribution in [3.8, 4) is 0 Å². The molecule has 1 aliphatic rings. The van der Waals surface area contributed by atoms with E-state index in [0.29, 0.717) is 6.04 Å². The monoisotopic (exact) mass is 276 g/mol. The normalized spacial score (nSPS) is 16.6. The first kappa shape index (κ1) is 15.5. The highest BCUT2D eigenvalue weighted by atomic mass is 16.5. The molecule has 3 nitrogen and oxygen atoms in total. The van der Waals surface area contributed by atoms with E-state index in [2.05, 4.69) is 48.5 Å². The van der Waals surface area contributed by atoms with Crippen LogP contribution < -0.4 is 5.32 Å². The van der Waals surface area contributed by atoms with Gasteiger partial charge in [-0.15, -0.1) is 0 Å². The van der Waals surface area contributed by atoms with Gasteiger partial charge >= 0.3 is 0 Å². The van der Waals surface area contributed by atoms with Crippen LogP contribution in [-0.4, -0.2) is 45.3 Å². The van der Waals surface area contributed by atoms with Gasteiger partial charge < -0.3 is 15.0 Å². The summed E-state index contributed by atoms with van der Waals surface area (Å²) in [6.07, 6.45) is 2.73. The van der Waals surface area contributed by atoms with Crippen molar-refractivity contribution >= 4 is 0 Å². The number of likely N-dealkylation sites (N-methyl/N-ethyl adjacent to an activating group) is 2. The van der Waals surface area contributed by atoms with E-state index in [9.17, 15) is 0 Å². The van der Waals surface area contributed by atoms with Crippen LogP contribution in [0.3, 0.4) is 0 Å². The van der Waals surface area contributed by atoms with Gasteiger partial charge in [0, 0.05) is 25.7 Å². The topological polar surface area (TPSA) is 24.5 Å². The Kier molecular flexibility index (Phi) is 6.02. The minimum atomic E-state index is 0.378. The Morgan fingerprint density at radius 2 is 2.20 bits per heavy atom. The number of benzene rings is 1. The Morgan fingerprint density at radius 1 is 1.40 bits per heavy atom. The van der Waals surface area contributed by atoms with Crippen molar-refractivity contribution in [3.63, 3.8) is 0 Å². The second-order valence-electron chi connectivity index (χ2n) is 6.04. The maximum atomic E-state index is 5.71. The molecule has 1 aromatic carbocycles. The largest absolute Gasteiger partial charge is 0.380 e. The third-order valence-corrected chi connectivity index (χ3v) is 3.96. The second-order valence-corrected chi connectivity index (χ2v) is 6.04. The van der Waals surface area contributed by atoms with E-state index in [4.69, 9.17) is 4.74 Å². The molecular formula is C17H28N2O. The molecule has 0 amide bonds. The third-order valence-electron chi connectivity index (χ3n) is 3.96. The summed E-state index contributed by atoms with van der Waals surface area (Å²) in [6, 6.07) is 9.12. The second kappa shape index (κ2) is 7.77. The zero-order chi connectivity index (χ0) is 14.4. The first-order chi connectivity index (χ1) is 9.69. The highest BCUT2D eigenvalue weighted by molar-refractivity contribution is 5.25. The van der Waals surface area contributed by atoms with E-state index in [-0.39, 0.29) is 0 Å². The van der Waals surface area contributed by atoms with Crippen LogP contribution in [0.15, 0.2) is 24.3 Å². The Morgan fingerprint density at radius 3 is 2.85 bits per heavy atom. The summed E-state index contributed by atoms with van der Waals surface area (Å²) in [6.45, 7) is 5.95. The summed E-state index contributed by atoms with van der Waals surface area (Å²) in [5.41, 5.74) is 2.68. The lowest BCUT2D eigenvalue weighted by Crippen LogP contribution is -2.33. The number of nitrogens with zero attached hydrogens (tertiary/aromatic N) is 1. The fourth-order valence-corrected chi connectivity index (χ4v) is 2.41. The molecule has 1 saturated carbocycles. The maximum Gasteiger partial charge on any atom is 0.0593 e. The number of hydrogen-bond donors (Lipinski definition) is 1. The van der Waals surface area contributed by atoms with Crippen LogP contribution in [0, 0.1) is 12.8 Å². The molecule has 0 saturated heterocycles. The Balaban J connectivity index is 1.73. The summed E-state index contributed by atoms with van der Waals surface area (Å²) in [4.78, 5) is 2.34. The minimum Gasteiger partial charge on any atom is -0.380 e. The van der Waals surface area contributed by atoms with Crippen molar-refractivity contribution in [1.82, 2.24) is 10.2 Å². The van der Waals surface area contributed by atoms with Gasteiger partial charge in [-0.3, -0.25) is 0 Å². The lowest BCUT2D eigenvalue weighted by atomic mass is 10.0. The smallest absolute Gasteiger partial charge is 0.0593 e. The zero-order valence-electron chi connectivity index (χ0n) is 13.1. The molecule has 112 valence electrons. The van der Waals surface area contributed by atoms with Crippen LogP contribution in [0.25, 0.3) is 0 Å². The molecule has 0 aliphatic heterocycles. The molecule has 1 N–H and O–H groups in total. The number of nitrogens with one attached hydrogen (secondary N) is 1. The SMILES string of the molecule is CNC(CN(C)CCOCC1CC1)c1cccc(C)c1. The van der Waals surface area contributed by atoms with Crippen molar-refractivity contribution in [2.75, 3.05) is 40.4 Å². The molecule has 0 radical (unpaired) electrons. The highest BCUT2D eigenvalue weighted by Crippen LogP contribution is 2.28. The lowest BCUT2D eigenvalue weighted by molar-refractivity contribution is 0.101. The summed E-state index contributed by atoms with van der Waals surface area (Å²) >= 11 is 0. The van der Waals surface area contributed by atoms with E-state index in [1.54, 1.807) is 0 Å². The molecule has 1 aliphatic carbocycles. The van der Waals surface area contributed by atoms with Crippen LogP contribution in [0.5, 0.6) is 0 Å². The van der Waals surface area contributed by atoms with Crippen LogP contribution >= 0.6 is 0 Å². The zero-order valence-corrected chi connectivity index (χ0v) is 13.1. The fraction of sp³-hybridized carbons (Fsp3) is 0.647. The molecule has 0 heterocycles. The van der Waals surface area contributed by atoms with Crippen molar-refractivity contribution in [3.05, 3.63) is 35.4 Å². The van der Waals surface area contributed by atoms with Gasteiger partial charge in [0.25, 0.3) is 0 Å². The lowest BCUT2D eigenvalue weighted by Gasteiger charge is -2.24. The predicted molar refractivity (Wildman–Crippen MR) is 84.0 cm³/mol. The number of hydrogen-bond acceptors (Lipinski definition) is 3. The molecular weight excluding hydrogens is 248 g/mol. The standard InChI is InChI=1S/C17H28N2O/c1-14-5-4-6-16(11-14)17(18-2)12-19(3)9-10-20-13-15-7-8-15/h4-6,11,15,17-18H,7-10,12-13H2,1-3H3. The Labute approximate surface area is 123 Å². The van der Waals surface area contributed by atoms with Gasteiger partial charge in [-0.05, 0) is 45.3 Å². The van der Waals surface area contributed by atoms with Crippen molar-refractivity contribution in [2.24, 2.45) is 5.92 Å². The molecule has 0 aromatic heterocycles. The minimum absolute atomic E-state index is 0.378. The quantitative estimate of drug-likeness (QED) is 0.702. The van der Waals surface area contributed by atoms with Gasteiger partial charge in [0.2, 0.25) is 0 Å². The summed E-state index contributed by atoms with van der Waals surface area (Å²) in [5, 5.41) is 3.41. The van der Waals surface area contributed by atoms with Crippen molar-refractivity contribution in [1.29, 1.82) is 0 Å².